The number of rotatable bonds is 13. The minimum Gasteiger partial charge on any atom is -0.435 e. The molecule has 0 aromatic heterocycles. The average molecular weight is 869 g/mol. The minimum absolute atomic E-state index is 1.16. The Morgan fingerprint density at radius 3 is 0.750 bits per heavy atom. The van der Waals surface area contributed by atoms with E-state index in [2.05, 4.69) is 291 Å². The van der Waals surface area contributed by atoms with Crippen LogP contribution in [0.15, 0.2) is 291 Å². The standard InChI is InChI=1S/C60H48OSi3/c1-9-27-51(28-10-1)62(52-29-11-2-12-30-52,53-31-13-3-14-32-53)54-46-44-49(45-47-54)50-26-25-43-60(48-50)64(58-39-21-7-22-40-58,59-41-23-8-24-42-59)61-63(55-33-15-4-16-34-55,56-35-17-5-18-36-56)57-37-19-6-20-38-57/h1-48H. The van der Waals surface area contributed by atoms with Crippen LogP contribution < -0.4 is 51.9 Å². The summed E-state index contributed by atoms with van der Waals surface area (Å²) in [5.41, 5.74) is 2.33. The van der Waals surface area contributed by atoms with Gasteiger partial charge in [0.25, 0.3) is 16.6 Å². The van der Waals surface area contributed by atoms with Crippen LogP contribution in [-0.2, 0) is 4.12 Å². The van der Waals surface area contributed by atoms with Crippen molar-refractivity contribution < 1.29 is 4.12 Å². The molecule has 10 rings (SSSR count). The normalized spacial score (nSPS) is 11.8. The van der Waals surface area contributed by atoms with Crippen LogP contribution in [0.1, 0.15) is 0 Å². The van der Waals surface area contributed by atoms with Gasteiger partial charge in [-0.1, -0.05) is 291 Å². The Morgan fingerprint density at radius 2 is 0.438 bits per heavy atom. The molecule has 10 aromatic rings. The topological polar surface area (TPSA) is 9.23 Å². The van der Waals surface area contributed by atoms with Gasteiger partial charge in [-0.2, -0.15) is 0 Å². The molecule has 306 valence electrons. The molecule has 0 atom stereocenters. The summed E-state index contributed by atoms with van der Waals surface area (Å²) in [7, 11) is -9.32. The summed E-state index contributed by atoms with van der Waals surface area (Å²) in [5.74, 6) is 0. The van der Waals surface area contributed by atoms with Gasteiger partial charge in [0, 0.05) is 0 Å². The highest BCUT2D eigenvalue weighted by atomic mass is 28.4. The lowest BCUT2D eigenvalue weighted by Crippen LogP contribution is -2.81. The highest BCUT2D eigenvalue weighted by Gasteiger charge is 2.53. The van der Waals surface area contributed by atoms with Crippen molar-refractivity contribution in [3.05, 3.63) is 291 Å². The number of hydrogen-bond acceptors (Lipinski definition) is 1. The molecule has 0 fully saturated rings. The summed E-state index contributed by atoms with van der Waals surface area (Å²) < 4.78 is 8.63. The Hall–Kier alpha value is -7.19. The van der Waals surface area contributed by atoms with E-state index in [1.54, 1.807) is 0 Å². The van der Waals surface area contributed by atoms with Crippen molar-refractivity contribution in [1.29, 1.82) is 0 Å². The molecule has 0 radical (unpaired) electrons. The second-order valence-electron chi connectivity index (χ2n) is 16.3. The van der Waals surface area contributed by atoms with E-state index in [0.29, 0.717) is 0 Å². The molecule has 0 aliphatic heterocycles. The van der Waals surface area contributed by atoms with Crippen LogP contribution in [0.5, 0.6) is 0 Å². The van der Waals surface area contributed by atoms with Gasteiger partial charge < -0.3 is 4.12 Å². The van der Waals surface area contributed by atoms with E-state index in [1.807, 2.05) is 0 Å². The Kier molecular flexibility index (Phi) is 11.7. The van der Waals surface area contributed by atoms with E-state index in [0.717, 1.165) is 5.56 Å². The summed E-state index contributed by atoms with van der Waals surface area (Å²) in [5, 5.41) is 12.7. The van der Waals surface area contributed by atoms with Crippen LogP contribution in [0.4, 0.5) is 0 Å². The van der Waals surface area contributed by atoms with Crippen LogP contribution in [0.25, 0.3) is 11.1 Å². The van der Waals surface area contributed by atoms with Crippen LogP contribution >= 0.6 is 0 Å². The first-order chi connectivity index (χ1) is 31.7. The molecule has 0 N–H and O–H groups in total. The second-order valence-corrected chi connectivity index (χ2v) is 27.1. The van der Waals surface area contributed by atoms with Crippen LogP contribution in [0.2, 0.25) is 0 Å². The molecular weight excluding hydrogens is 821 g/mol. The first kappa shape index (κ1) is 40.9. The summed E-state index contributed by atoms with van der Waals surface area (Å²) in [4.78, 5) is 0. The van der Waals surface area contributed by atoms with Gasteiger partial charge in [0.2, 0.25) is 0 Å². The van der Waals surface area contributed by atoms with Crippen LogP contribution in [0.3, 0.4) is 0 Å². The Labute approximate surface area is 380 Å². The van der Waals surface area contributed by atoms with Gasteiger partial charge in [-0.05, 0) is 63.0 Å². The smallest absolute Gasteiger partial charge is 0.278 e. The molecule has 0 unspecified atom stereocenters. The van der Waals surface area contributed by atoms with Crippen molar-refractivity contribution in [2.75, 3.05) is 0 Å². The fraction of sp³-hybridized carbons (Fsp3) is 0. The molecule has 4 heteroatoms. The third-order valence-electron chi connectivity index (χ3n) is 12.7. The molecule has 0 aliphatic carbocycles. The van der Waals surface area contributed by atoms with Crippen molar-refractivity contribution in [2.24, 2.45) is 0 Å². The van der Waals surface area contributed by atoms with Crippen LogP contribution in [-0.4, -0.2) is 24.7 Å². The Bertz CT molecular complexity index is 2790. The lowest BCUT2D eigenvalue weighted by molar-refractivity contribution is 0.600. The summed E-state index contributed by atoms with van der Waals surface area (Å²) in [6.45, 7) is 0. The van der Waals surface area contributed by atoms with Gasteiger partial charge in [-0.3, -0.25) is 0 Å². The van der Waals surface area contributed by atoms with E-state index < -0.39 is 24.7 Å². The van der Waals surface area contributed by atoms with Crippen LogP contribution in [0, 0.1) is 0 Å². The zero-order valence-corrected chi connectivity index (χ0v) is 38.6. The maximum Gasteiger partial charge on any atom is 0.278 e. The molecule has 64 heavy (non-hydrogen) atoms. The molecular formula is C60H48OSi3. The minimum atomic E-state index is -3.38. The second kappa shape index (κ2) is 18.3. The SMILES string of the molecule is c1ccc([Si](O[Si](c2ccccc2)(c2ccccc2)c2cccc(-c3ccc([Si](c4ccccc4)(c4ccccc4)c4ccccc4)cc3)c2)(c2ccccc2)c2ccccc2)cc1. The van der Waals surface area contributed by atoms with Gasteiger partial charge in [0.1, 0.15) is 0 Å². The lowest BCUT2D eigenvalue weighted by Gasteiger charge is -2.44. The number of benzene rings is 10. The molecule has 0 saturated heterocycles. The monoisotopic (exact) mass is 868 g/mol. The third kappa shape index (κ3) is 7.36. The Balaban J connectivity index is 1.20. The van der Waals surface area contributed by atoms with Crippen molar-refractivity contribution in [3.8, 4) is 11.1 Å². The first-order valence-corrected chi connectivity index (χ1v) is 27.9. The highest BCUT2D eigenvalue weighted by Crippen LogP contribution is 2.24. The summed E-state index contributed by atoms with van der Waals surface area (Å²) in [6, 6.07) is 107. The van der Waals surface area contributed by atoms with Gasteiger partial charge >= 0.3 is 0 Å². The van der Waals surface area contributed by atoms with E-state index in [4.69, 9.17) is 4.12 Å². The van der Waals surface area contributed by atoms with Crippen molar-refractivity contribution in [3.63, 3.8) is 0 Å². The predicted octanol–water partition coefficient (Wildman–Crippen LogP) is 7.38. The maximum absolute atomic E-state index is 8.63. The van der Waals surface area contributed by atoms with Crippen molar-refractivity contribution in [2.45, 2.75) is 0 Å². The third-order valence-corrected chi connectivity index (χ3v) is 26.9. The first-order valence-electron chi connectivity index (χ1n) is 22.1. The highest BCUT2D eigenvalue weighted by molar-refractivity contribution is 7.20. The maximum atomic E-state index is 8.63. The quantitative estimate of drug-likeness (QED) is 0.0870. The van der Waals surface area contributed by atoms with E-state index in [-0.39, 0.29) is 0 Å². The molecule has 0 heterocycles. The summed E-state index contributed by atoms with van der Waals surface area (Å²) in [6.07, 6.45) is 0. The molecule has 0 saturated carbocycles. The average Bonchev–Trinajstić information content (AvgIpc) is 3.40. The zero-order valence-electron chi connectivity index (χ0n) is 35.6. The molecule has 1 nitrogen and oxygen atoms in total. The zero-order chi connectivity index (χ0) is 43.1. The predicted molar refractivity (Wildman–Crippen MR) is 278 cm³/mol. The fourth-order valence-electron chi connectivity index (χ4n) is 9.84. The van der Waals surface area contributed by atoms with E-state index >= 15 is 0 Å². The molecule has 0 spiro atoms. The van der Waals surface area contributed by atoms with Gasteiger partial charge in [-0.15, -0.1) is 0 Å². The molecule has 0 aliphatic rings. The Morgan fingerprint density at radius 1 is 0.188 bits per heavy atom. The fourth-order valence-corrected chi connectivity index (χ4v) is 25.3. The van der Waals surface area contributed by atoms with Crippen molar-refractivity contribution >= 4 is 76.6 Å². The van der Waals surface area contributed by atoms with E-state index in [1.165, 1.54) is 57.4 Å². The molecule has 0 bridgehead atoms. The van der Waals surface area contributed by atoms with Gasteiger partial charge in [0.05, 0.1) is 0 Å². The van der Waals surface area contributed by atoms with Crippen molar-refractivity contribution in [1.82, 2.24) is 0 Å². The largest absolute Gasteiger partial charge is 0.435 e. The lowest BCUT2D eigenvalue weighted by atomic mass is 10.1. The van der Waals surface area contributed by atoms with Gasteiger partial charge in [0.15, 0.2) is 8.07 Å². The summed E-state index contributed by atoms with van der Waals surface area (Å²) >= 11 is 0. The number of hydrogen-bond donors (Lipinski definition) is 0. The van der Waals surface area contributed by atoms with E-state index in [9.17, 15) is 0 Å². The van der Waals surface area contributed by atoms with Gasteiger partial charge in [-0.25, -0.2) is 0 Å². The molecule has 0 amide bonds. The molecule has 10 aromatic carbocycles.